The van der Waals surface area contributed by atoms with Crippen molar-refractivity contribution in [1.82, 2.24) is 4.90 Å². The van der Waals surface area contributed by atoms with Gasteiger partial charge < -0.3 is 14.8 Å². The Hall–Kier alpha value is -3.75. The van der Waals surface area contributed by atoms with Crippen molar-refractivity contribution in [3.05, 3.63) is 92.8 Å². The summed E-state index contributed by atoms with van der Waals surface area (Å²) in [6.07, 6.45) is 1.56. The van der Waals surface area contributed by atoms with Gasteiger partial charge >= 0.3 is 0 Å². The average molecular weight is 551 g/mol. The zero-order valence-corrected chi connectivity index (χ0v) is 22.8. The number of rotatable bonds is 9. The van der Waals surface area contributed by atoms with Gasteiger partial charge in [0.05, 0.1) is 16.5 Å². The molecule has 3 aromatic rings. The molecule has 0 unspecified atom stereocenters. The van der Waals surface area contributed by atoms with Crippen molar-refractivity contribution in [2.45, 2.75) is 27.4 Å². The number of carbonyl (C=O) groups is 3. The third kappa shape index (κ3) is 6.38. The normalized spacial score (nSPS) is 14.2. The first-order chi connectivity index (χ1) is 18.3. The number of anilines is 1. The minimum Gasteiger partial charge on any atom is -0.490 e. The molecule has 0 atom stereocenters. The Kier molecular flexibility index (Phi) is 8.76. The van der Waals surface area contributed by atoms with Gasteiger partial charge in [-0.15, -0.1) is 0 Å². The fraction of sp³-hybridized carbons (Fsp3) is 0.207. The van der Waals surface area contributed by atoms with E-state index >= 15 is 0 Å². The van der Waals surface area contributed by atoms with Crippen LogP contribution in [0.5, 0.6) is 11.5 Å². The number of nitrogens with one attached hydrogen (secondary N) is 1. The van der Waals surface area contributed by atoms with E-state index in [1.165, 1.54) is 0 Å². The predicted octanol–water partition coefficient (Wildman–Crippen LogP) is 6.61. The largest absolute Gasteiger partial charge is 0.490 e. The molecule has 1 N–H and O–H groups in total. The number of hydrogen-bond acceptors (Lipinski definition) is 6. The first-order valence-corrected chi connectivity index (χ1v) is 13.2. The number of aryl methyl sites for hydroxylation is 2. The molecule has 4 rings (SSSR count). The topological polar surface area (TPSA) is 84.9 Å². The van der Waals surface area contributed by atoms with E-state index in [2.05, 4.69) is 5.32 Å². The summed E-state index contributed by atoms with van der Waals surface area (Å²) in [5.41, 5.74) is 4.00. The SMILES string of the molecule is CCOc1cc(/C=C2\SC(=O)N(CC(=O)Nc3c(C)cccc3C)C2=O)cc(Cl)c1OCc1ccccc1. The quantitative estimate of drug-likeness (QED) is 0.302. The maximum absolute atomic E-state index is 13.0. The number of halogens is 1. The molecule has 0 spiro atoms. The highest BCUT2D eigenvalue weighted by molar-refractivity contribution is 8.18. The van der Waals surface area contributed by atoms with E-state index in [0.717, 1.165) is 33.4 Å². The maximum Gasteiger partial charge on any atom is 0.294 e. The Morgan fingerprint density at radius 2 is 1.74 bits per heavy atom. The molecule has 1 saturated heterocycles. The molecule has 3 amide bonds. The van der Waals surface area contributed by atoms with Gasteiger partial charge in [0, 0.05) is 5.69 Å². The van der Waals surface area contributed by atoms with Gasteiger partial charge in [-0.05, 0) is 73.0 Å². The minimum atomic E-state index is -0.546. The number of benzene rings is 3. The standard InChI is InChI=1S/C29H27ClN2O5S/c1-4-36-23-14-21(13-22(30)27(23)37-17-20-11-6-5-7-12-20)15-24-28(34)32(29(35)38-24)16-25(33)31-26-18(2)9-8-10-19(26)3/h5-15H,4,16-17H2,1-3H3,(H,31,33)/b24-15-. The molecule has 1 heterocycles. The first kappa shape index (κ1) is 27.3. The Balaban J connectivity index is 1.50. The number of amides is 3. The van der Waals surface area contributed by atoms with E-state index in [9.17, 15) is 14.4 Å². The summed E-state index contributed by atoms with van der Waals surface area (Å²) in [5.74, 6) is -0.178. The highest BCUT2D eigenvalue weighted by Crippen LogP contribution is 2.39. The van der Waals surface area contributed by atoms with Gasteiger partial charge in [-0.2, -0.15) is 0 Å². The summed E-state index contributed by atoms with van der Waals surface area (Å²) in [6, 6.07) is 18.7. The zero-order chi connectivity index (χ0) is 27.2. The van der Waals surface area contributed by atoms with Crippen LogP contribution in [-0.2, 0) is 16.2 Å². The fourth-order valence-electron chi connectivity index (χ4n) is 3.93. The third-order valence-electron chi connectivity index (χ3n) is 5.78. The van der Waals surface area contributed by atoms with E-state index in [1.54, 1.807) is 18.2 Å². The molecule has 7 nitrogen and oxygen atoms in total. The average Bonchev–Trinajstić information content (AvgIpc) is 3.14. The Morgan fingerprint density at radius 3 is 2.42 bits per heavy atom. The first-order valence-electron chi connectivity index (χ1n) is 12.0. The molecule has 196 valence electrons. The van der Waals surface area contributed by atoms with Crippen molar-refractivity contribution in [3.8, 4) is 11.5 Å². The van der Waals surface area contributed by atoms with E-state index in [1.807, 2.05) is 69.3 Å². The van der Waals surface area contributed by atoms with Crippen molar-refractivity contribution >= 4 is 52.2 Å². The van der Waals surface area contributed by atoms with Crippen molar-refractivity contribution in [2.75, 3.05) is 18.5 Å². The fourth-order valence-corrected chi connectivity index (χ4v) is 5.04. The molecule has 0 aromatic heterocycles. The molecule has 9 heteroatoms. The lowest BCUT2D eigenvalue weighted by molar-refractivity contribution is -0.127. The van der Waals surface area contributed by atoms with Crippen LogP contribution in [0.25, 0.3) is 6.08 Å². The number of nitrogens with zero attached hydrogens (tertiary/aromatic N) is 1. The molecule has 1 aliphatic rings. The lowest BCUT2D eigenvalue weighted by Crippen LogP contribution is -2.36. The number of imide groups is 1. The number of ether oxygens (including phenoxy) is 2. The van der Waals surface area contributed by atoms with Crippen LogP contribution in [0.4, 0.5) is 10.5 Å². The molecule has 38 heavy (non-hydrogen) atoms. The van der Waals surface area contributed by atoms with Gasteiger partial charge in [-0.1, -0.05) is 60.1 Å². The van der Waals surface area contributed by atoms with Crippen LogP contribution in [0, 0.1) is 13.8 Å². The number of para-hydroxylation sites is 1. The van der Waals surface area contributed by atoms with Crippen LogP contribution in [0.2, 0.25) is 5.02 Å². The van der Waals surface area contributed by atoms with Gasteiger partial charge in [0.2, 0.25) is 5.91 Å². The van der Waals surface area contributed by atoms with Gasteiger partial charge in [-0.25, -0.2) is 0 Å². The van der Waals surface area contributed by atoms with E-state index in [4.69, 9.17) is 21.1 Å². The van der Waals surface area contributed by atoms with E-state index in [-0.39, 0.29) is 11.4 Å². The van der Waals surface area contributed by atoms with Gasteiger partial charge in [-0.3, -0.25) is 19.3 Å². The molecular formula is C29H27ClN2O5S. The summed E-state index contributed by atoms with van der Waals surface area (Å²) in [5, 5.41) is 2.60. The molecule has 0 radical (unpaired) electrons. The second-order valence-electron chi connectivity index (χ2n) is 8.62. The Bertz CT molecular complexity index is 1390. The van der Waals surface area contributed by atoms with Crippen LogP contribution in [0.15, 0.2) is 65.6 Å². The van der Waals surface area contributed by atoms with Crippen LogP contribution < -0.4 is 14.8 Å². The molecule has 0 bridgehead atoms. The maximum atomic E-state index is 13.0. The number of carbonyl (C=O) groups excluding carboxylic acids is 3. The summed E-state index contributed by atoms with van der Waals surface area (Å²) in [6.45, 7) is 5.91. The van der Waals surface area contributed by atoms with Gasteiger partial charge in [0.25, 0.3) is 11.1 Å². The molecule has 1 aliphatic heterocycles. The smallest absolute Gasteiger partial charge is 0.294 e. The number of hydrogen-bond donors (Lipinski definition) is 1. The number of thioether (sulfide) groups is 1. The van der Waals surface area contributed by atoms with Gasteiger partial charge in [0.15, 0.2) is 11.5 Å². The van der Waals surface area contributed by atoms with Crippen molar-refractivity contribution in [3.63, 3.8) is 0 Å². The Morgan fingerprint density at radius 1 is 1.03 bits per heavy atom. The van der Waals surface area contributed by atoms with Crippen LogP contribution in [0.3, 0.4) is 0 Å². The van der Waals surface area contributed by atoms with Crippen LogP contribution in [0.1, 0.15) is 29.2 Å². The van der Waals surface area contributed by atoms with Crippen molar-refractivity contribution in [2.24, 2.45) is 0 Å². The summed E-state index contributed by atoms with van der Waals surface area (Å²) < 4.78 is 11.7. The second kappa shape index (κ2) is 12.2. The summed E-state index contributed by atoms with van der Waals surface area (Å²) >= 11 is 7.30. The molecule has 0 aliphatic carbocycles. The highest BCUT2D eigenvalue weighted by atomic mass is 35.5. The van der Waals surface area contributed by atoms with Crippen LogP contribution in [-0.4, -0.2) is 35.1 Å². The summed E-state index contributed by atoms with van der Waals surface area (Å²) in [4.78, 5) is 39.4. The molecule has 3 aromatic carbocycles. The zero-order valence-electron chi connectivity index (χ0n) is 21.2. The lowest BCUT2D eigenvalue weighted by atomic mass is 10.1. The monoisotopic (exact) mass is 550 g/mol. The van der Waals surface area contributed by atoms with Gasteiger partial charge in [0.1, 0.15) is 13.2 Å². The van der Waals surface area contributed by atoms with E-state index in [0.29, 0.717) is 41.0 Å². The highest BCUT2D eigenvalue weighted by Gasteiger charge is 2.36. The van der Waals surface area contributed by atoms with Crippen molar-refractivity contribution in [1.29, 1.82) is 0 Å². The van der Waals surface area contributed by atoms with E-state index < -0.39 is 17.1 Å². The molecule has 0 saturated carbocycles. The molecule has 1 fully saturated rings. The minimum absolute atomic E-state index is 0.186. The van der Waals surface area contributed by atoms with Crippen molar-refractivity contribution < 1.29 is 23.9 Å². The molecular weight excluding hydrogens is 524 g/mol. The second-order valence-corrected chi connectivity index (χ2v) is 10.0. The summed E-state index contributed by atoms with van der Waals surface area (Å²) in [7, 11) is 0. The predicted molar refractivity (Wildman–Crippen MR) is 151 cm³/mol. The Labute approximate surface area is 230 Å². The lowest BCUT2D eigenvalue weighted by Gasteiger charge is -2.15. The third-order valence-corrected chi connectivity index (χ3v) is 6.96. The van der Waals surface area contributed by atoms with Crippen LogP contribution >= 0.6 is 23.4 Å².